The molecule has 1 heterocycles. The third kappa shape index (κ3) is 5.88. The van der Waals surface area contributed by atoms with Crippen LogP contribution in [0.4, 0.5) is 4.39 Å². The summed E-state index contributed by atoms with van der Waals surface area (Å²) >= 11 is 12.4. The van der Waals surface area contributed by atoms with Gasteiger partial charge in [0.15, 0.2) is 0 Å². The van der Waals surface area contributed by atoms with Crippen molar-refractivity contribution >= 4 is 46.5 Å². The molecule has 0 saturated carbocycles. The number of halogens is 4. The standard InChI is InChI=1S/C29H23Cl2FN2.ClH/c30-25-10-6-23(28(31)15-25)16-33-17-24-19-34(18-20-4-2-1-3-5-20)29-13-9-22(14-27(24)29)21-7-11-26(32)12-8-21;/h1-15,19,33H,16-18H2;1H. The second-order valence-corrected chi connectivity index (χ2v) is 9.19. The number of hydrogen-bond acceptors (Lipinski definition) is 1. The van der Waals surface area contributed by atoms with Crippen molar-refractivity contribution < 1.29 is 4.39 Å². The van der Waals surface area contributed by atoms with Crippen molar-refractivity contribution in [2.24, 2.45) is 0 Å². The van der Waals surface area contributed by atoms with Crippen molar-refractivity contribution in [3.05, 3.63) is 130 Å². The van der Waals surface area contributed by atoms with Crippen LogP contribution in [0.25, 0.3) is 22.0 Å². The van der Waals surface area contributed by atoms with Gasteiger partial charge < -0.3 is 9.88 Å². The predicted molar refractivity (Wildman–Crippen MR) is 147 cm³/mol. The van der Waals surface area contributed by atoms with E-state index in [2.05, 4.69) is 58.5 Å². The van der Waals surface area contributed by atoms with Gasteiger partial charge in [-0.2, -0.15) is 0 Å². The number of fused-ring (bicyclic) bond motifs is 1. The molecule has 4 aromatic carbocycles. The van der Waals surface area contributed by atoms with Crippen LogP contribution in [0.1, 0.15) is 16.7 Å². The predicted octanol–water partition coefficient (Wildman–Crippen LogP) is 8.51. The van der Waals surface area contributed by atoms with Crippen LogP contribution >= 0.6 is 35.6 Å². The zero-order valence-electron chi connectivity index (χ0n) is 18.8. The molecule has 0 radical (unpaired) electrons. The molecule has 0 saturated heterocycles. The summed E-state index contributed by atoms with van der Waals surface area (Å²) < 4.78 is 15.7. The molecule has 0 bridgehead atoms. The lowest BCUT2D eigenvalue weighted by Crippen LogP contribution is -2.12. The van der Waals surface area contributed by atoms with Crippen molar-refractivity contribution in [1.29, 1.82) is 0 Å². The van der Waals surface area contributed by atoms with Gasteiger partial charge in [-0.15, -0.1) is 12.4 Å². The molecule has 0 aliphatic rings. The number of nitrogens with one attached hydrogen (secondary N) is 1. The quantitative estimate of drug-likeness (QED) is 0.225. The van der Waals surface area contributed by atoms with E-state index in [9.17, 15) is 4.39 Å². The van der Waals surface area contributed by atoms with E-state index in [1.54, 1.807) is 6.07 Å². The third-order valence-electron chi connectivity index (χ3n) is 5.98. The summed E-state index contributed by atoms with van der Waals surface area (Å²) in [7, 11) is 0. The maximum Gasteiger partial charge on any atom is 0.123 e. The van der Waals surface area contributed by atoms with Gasteiger partial charge in [0.1, 0.15) is 5.82 Å². The van der Waals surface area contributed by atoms with Gasteiger partial charge in [0, 0.05) is 46.8 Å². The van der Waals surface area contributed by atoms with Crippen molar-refractivity contribution in [2.45, 2.75) is 19.6 Å². The molecule has 0 aliphatic heterocycles. The van der Waals surface area contributed by atoms with Gasteiger partial charge in [-0.1, -0.05) is 77.8 Å². The summed E-state index contributed by atoms with van der Waals surface area (Å²) in [5, 5.41) is 5.99. The Bertz CT molecular complexity index is 1430. The van der Waals surface area contributed by atoms with Crippen LogP contribution in [-0.4, -0.2) is 4.57 Å². The van der Waals surface area contributed by atoms with Crippen LogP contribution in [0, 0.1) is 5.82 Å². The number of hydrogen-bond donors (Lipinski definition) is 1. The lowest BCUT2D eigenvalue weighted by molar-refractivity contribution is 0.628. The summed E-state index contributed by atoms with van der Waals surface area (Å²) in [5.41, 5.74) is 6.66. The number of benzene rings is 4. The Hall–Kier alpha value is -2.82. The highest BCUT2D eigenvalue weighted by atomic mass is 35.5. The van der Waals surface area contributed by atoms with E-state index in [1.165, 1.54) is 28.6 Å². The Kier molecular flexibility index (Phi) is 8.15. The Balaban J connectivity index is 0.00000289. The monoisotopic (exact) mass is 524 g/mol. The van der Waals surface area contributed by atoms with Crippen LogP contribution in [0.5, 0.6) is 0 Å². The van der Waals surface area contributed by atoms with E-state index in [-0.39, 0.29) is 18.2 Å². The molecule has 5 rings (SSSR count). The molecular weight excluding hydrogens is 502 g/mol. The third-order valence-corrected chi connectivity index (χ3v) is 6.57. The second kappa shape index (κ2) is 11.3. The number of nitrogens with zero attached hydrogens (tertiary/aromatic N) is 1. The van der Waals surface area contributed by atoms with Crippen molar-refractivity contribution in [2.75, 3.05) is 0 Å². The number of aromatic nitrogens is 1. The van der Waals surface area contributed by atoms with E-state index in [0.717, 1.165) is 28.8 Å². The van der Waals surface area contributed by atoms with Gasteiger partial charge >= 0.3 is 0 Å². The van der Waals surface area contributed by atoms with E-state index in [0.29, 0.717) is 23.1 Å². The molecule has 1 N–H and O–H groups in total. The lowest BCUT2D eigenvalue weighted by atomic mass is 10.0. The van der Waals surface area contributed by atoms with Gasteiger partial charge in [0.25, 0.3) is 0 Å². The molecule has 6 heteroatoms. The molecular formula is C29H24Cl3FN2. The van der Waals surface area contributed by atoms with Crippen LogP contribution in [0.3, 0.4) is 0 Å². The van der Waals surface area contributed by atoms with Crippen LogP contribution in [0.15, 0.2) is 97.2 Å². The van der Waals surface area contributed by atoms with Gasteiger partial charge in [-0.25, -0.2) is 4.39 Å². The Morgan fingerprint density at radius 3 is 2.20 bits per heavy atom. The highest BCUT2D eigenvalue weighted by molar-refractivity contribution is 6.35. The van der Waals surface area contributed by atoms with Crippen molar-refractivity contribution in [1.82, 2.24) is 9.88 Å². The summed E-state index contributed by atoms with van der Waals surface area (Å²) in [6.45, 7) is 2.11. The molecule has 0 amide bonds. The topological polar surface area (TPSA) is 17.0 Å². The molecule has 35 heavy (non-hydrogen) atoms. The fourth-order valence-electron chi connectivity index (χ4n) is 4.24. The Labute approximate surface area is 220 Å². The molecule has 0 spiro atoms. The highest BCUT2D eigenvalue weighted by Gasteiger charge is 2.11. The fraction of sp³-hybridized carbons (Fsp3) is 0.103. The normalized spacial score (nSPS) is 10.9. The SMILES string of the molecule is Cl.Fc1ccc(-c2ccc3c(c2)c(CNCc2ccc(Cl)cc2Cl)cn3Cc2ccccc2)cc1. The van der Waals surface area contributed by atoms with E-state index in [4.69, 9.17) is 23.2 Å². The first-order chi connectivity index (χ1) is 16.6. The zero-order chi connectivity index (χ0) is 23.5. The molecule has 1 aromatic heterocycles. The molecule has 0 unspecified atom stereocenters. The van der Waals surface area contributed by atoms with Gasteiger partial charge in [-0.3, -0.25) is 0 Å². The zero-order valence-corrected chi connectivity index (χ0v) is 21.2. The Morgan fingerprint density at radius 1 is 0.743 bits per heavy atom. The minimum absolute atomic E-state index is 0. The maximum absolute atomic E-state index is 13.4. The summed E-state index contributed by atoms with van der Waals surface area (Å²) in [5.74, 6) is -0.232. The van der Waals surface area contributed by atoms with Crippen molar-refractivity contribution in [3.63, 3.8) is 0 Å². The minimum atomic E-state index is -0.232. The van der Waals surface area contributed by atoms with Crippen LogP contribution < -0.4 is 5.32 Å². The summed E-state index contributed by atoms with van der Waals surface area (Å²) in [6, 6.07) is 29.1. The second-order valence-electron chi connectivity index (χ2n) is 8.35. The van der Waals surface area contributed by atoms with Crippen molar-refractivity contribution in [3.8, 4) is 11.1 Å². The highest BCUT2D eigenvalue weighted by Crippen LogP contribution is 2.29. The van der Waals surface area contributed by atoms with Gasteiger partial charge in [0.2, 0.25) is 0 Å². The minimum Gasteiger partial charge on any atom is -0.343 e. The lowest BCUT2D eigenvalue weighted by Gasteiger charge is -2.08. The van der Waals surface area contributed by atoms with Gasteiger partial charge in [0.05, 0.1) is 0 Å². The average Bonchev–Trinajstić information content (AvgIpc) is 3.18. The Morgan fingerprint density at radius 2 is 1.46 bits per heavy atom. The first-order valence-corrected chi connectivity index (χ1v) is 11.9. The van der Waals surface area contributed by atoms with Crippen LogP contribution in [-0.2, 0) is 19.6 Å². The molecule has 178 valence electrons. The van der Waals surface area contributed by atoms with Gasteiger partial charge in [-0.05, 0) is 64.2 Å². The first kappa shape index (κ1) is 25.3. The largest absolute Gasteiger partial charge is 0.343 e. The first-order valence-electron chi connectivity index (χ1n) is 11.1. The number of rotatable bonds is 7. The summed E-state index contributed by atoms with van der Waals surface area (Å²) in [6.07, 6.45) is 2.21. The molecule has 2 nitrogen and oxygen atoms in total. The van der Waals surface area contributed by atoms with E-state index >= 15 is 0 Å². The van der Waals surface area contributed by atoms with E-state index < -0.39 is 0 Å². The molecule has 5 aromatic rings. The molecule has 0 fully saturated rings. The molecule has 0 atom stereocenters. The average molecular weight is 526 g/mol. The fourth-order valence-corrected chi connectivity index (χ4v) is 4.72. The molecule has 0 aliphatic carbocycles. The van der Waals surface area contributed by atoms with E-state index in [1.807, 2.05) is 30.3 Å². The maximum atomic E-state index is 13.4. The van der Waals surface area contributed by atoms with Crippen LogP contribution in [0.2, 0.25) is 10.0 Å². The summed E-state index contributed by atoms with van der Waals surface area (Å²) in [4.78, 5) is 0. The smallest absolute Gasteiger partial charge is 0.123 e.